The average molecular weight is 352 g/mol. The molecule has 0 aliphatic heterocycles. The molecule has 0 spiro atoms. The number of nitriles is 1. The fourth-order valence-electron chi connectivity index (χ4n) is 3.77. The fourth-order valence-corrected chi connectivity index (χ4v) is 3.77. The molecule has 3 nitrogen and oxygen atoms in total. The normalized spacial score (nSPS) is 14.5. The SMILES string of the molecule is CCC(CO)c1cccc2c1-c1ccccc1/C2=N\c1ccc(C#N)cc1. The van der Waals surface area contributed by atoms with Crippen LogP contribution >= 0.6 is 0 Å². The van der Waals surface area contributed by atoms with E-state index in [0.29, 0.717) is 5.56 Å². The first-order valence-electron chi connectivity index (χ1n) is 9.19. The maximum Gasteiger partial charge on any atom is 0.0991 e. The van der Waals surface area contributed by atoms with Crippen molar-refractivity contribution in [1.29, 1.82) is 5.26 Å². The van der Waals surface area contributed by atoms with Crippen molar-refractivity contribution in [1.82, 2.24) is 0 Å². The summed E-state index contributed by atoms with van der Waals surface area (Å²) in [5.74, 6) is 0.113. The summed E-state index contributed by atoms with van der Waals surface area (Å²) < 4.78 is 0. The van der Waals surface area contributed by atoms with E-state index in [9.17, 15) is 5.11 Å². The summed E-state index contributed by atoms with van der Waals surface area (Å²) in [5.41, 5.74) is 8.13. The van der Waals surface area contributed by atoms with E-state index in [4.69, 9.17) is 10.3 Å². The van der Waals surface area contributed by atoms with E-state index < -0.39 is 0 Å². The summed E-state index contributed by atoms with van der Waals surface area (Å²) in [6.07, 6.45) is 0.886. The Morgan fingerprint density at radius 2 is 1.63 bits per heavy atom. The van der Waals surface area contributed by atoms with E-state index in [1.54, 1.807) is 12.1 Å². The van der Waals surface area contributed by atoms with E-state index in [-0.39, 0.29) is 12.5 Å². The fraction of sp³-hybridized carbons (Fsp3) is 0.167. The van der Waals surface area contributed by atoms with Crippen LogP contribution in [0.2, 0.25) is 0 Å². The van der Waals surface area contributed by atoms with Crippen molar-refractivity contribution >= 4 is 11.4 Å². The monoisotopic (exact) mass is 352 g/mol. The van der Waals surface area contributed by atoms with Gasteiger partial charge in [-0.2, -0.15) is 5.26 Å². The lowest BCUT2D eigenvalue weighted by molar-refractivity contribution is 0.262. The van der Waals surface area contributed by atoms with Crippen LogP contribution in [0.4, 0.5) is 5.69 Å². The molecule has 0 bridgehead atoms. The predicted molar refractivity (Wildman–Crippen MR) is 108 cm³/mol. The average Bonchev–Trinajstić information content (AvgIpc) is 3.04. The molecule has 132 valence electrons. The number of nitrogens with zero attached hydrogens (tertiary/aromatic N) is 2. The number of fused-ring (bicyclic) bond motifs is 3. The van der Waals surface area contributed by atoms with Crippen molar-refractivity contribution in [2.24, 2.45) is 4.99 Å². The van der Waals surface area contributed by atoms with Gasteiger partial charge in [-0.3, -0.25) is 0 Å². The molecule has 3 aromatic carbocycles. The van der Waals surface area contributed by atoms with Crippen LogP contribution in [0.1, 0.15) is 41.5 Å². The van der Waals surface area contributed by atoms with Gasteiger partial charge in [0.15, 0.2) is 0 Å². The summed E-state index contributed by atoms with van der Waals surface area (Å²) in [7, 11) is 0. The third-order valence-electron chi connectivity index (χ3n) is 5.19. The van der Waals surface area contributed by atoms with Gasteiger partial charge in [-0.15, -0.1) is 0 Å². The minimum absolute atomic E-state index is 0.113. The number of aliphatic hydroxyl groups excluding tert-OH is 1. The molecule has 1 aliphatic carbocycles. The highest BCUT2D eigenvalue weighted by molar-refractivity contribution is 6.25. The van der Waals surface area contributed by atoms with Crippen LogP contribution < -0.4 is 0 Å². The smallest absolute Gasteiger partial charge is 0.0991 e. The number of aliphatic imine (C=N–C) groups is 1. The Balaban J connectivity index is 1.92. The predicted octanol–water partition coefficient (Wildman–Crippen LogP) is 5.19. The standard InChI is InChI=1S/C24H20N2O/c1-2-17(15-27)19-8-5-9-22-23(19)20-6-3-4-7-21(20)24(22)26-18-12-10-16(14-25)11-13-18/h3-13,17,27H,2,15H2,1H3/b26-24+. The summed E-state index contributed by atoms with van der Waals surface area (Å²) in [6.45, 7) is 2.24. The molecule has 0 amide bonds. The molecule has 1 unspecified atom stereocenters. The van der Waals surface area contributed by atoms with Crippen LogP contribution in [-0.2, 0) is 0 Å². The van der Waals surface area contributed by atoms with Gasteiger partial charge in [-0.25, -0.2) is 4.99 Å². The van der Waals surface area contributed by atoms with Crippen molar-refractivity contribution in [3.05, 3.63) is 89.0 Å². The molecule has 3 heteroatoms. The van der Waals surface area contributed by atoms with E-state index in [1.807, 2.05) is 30.3 Å². The Labute approximate surface area is 159 Å². The van der Waals surface area contributed by atoms with Crippen molar-refractivity contribution < 1.29 is 5.11 Å². The first-order valence-corrected chi connectivity index (χ1v) is 9.19. The second-order valence-corrected chi connectivity index (χ2v) is 6.72. The van der Waals surface area contributed by atoms with E-state index in [0.717, 1.165) is 28.9 Å². The second-order valence-electron chi connectivity index (χ2n) is 6.72. The topological polar surface area (TPSA) is 56.4 Å². The van der Waals surface area contributed by atoms with Crippen molar-refractivity contribution in [3.8, 4) is 17.2 Å². The largest absolute Gasteiger partial charge is 0.396 e. The zero-order chi connectivity index (χ0) is 18.8. The van der Waals surface area contributed by atoms with Crippen LogP contribution in [0.15, 0.2) is 71.7 Å². The van der Waals surface area contributed by atoms with Gasteiger partial charge in [-0.05, 0) is 47.4 Å². The lowest BCUT2D eigenvalue weighted by Crippen LogP contribution is -2.05. The second kappa shape index (κ2) is 7.19. The number of aliphatic hydroxyl groups is 1. The van der Waals surface area contributed by atoms with Crippen LogP contribution in [0.3, 0.4) is 0 Å². The number of hydrogen-bond acceptors (Lipinski definition) is 3. The van der Waals surface area contributed by atoms with Gasteiger partial charge in [0.2, 0.25) is 0 Å². The molecule has 1 N–H and O–H groups in total. The summed E-state index contributed by atoms with van der Waals surface area (Å²) in [5, 5.41) is 18.8. The van der Waals surface area contributed by atoms with E-state index in [1.165, 1.54) is 16.7 Å². The molecule has 0 heterocycles. The Morgan fingerprint density at radius 3 is 2.30 bits per heavy atom. The zero-order valence-electron chi connectivity index (χ0n) is 15.2. The molecule has 0 saturated heterocycles. The van der Waals surface area contributed by atoms with Gasteiger partial charge in [0.1, 0.15) is 0 Å². The molecule has 0 radical (unpaired) electrons. The van der Waals surface area contributed by atoms with Gasteiger partial charge in [0, 0.05) is 23.7 Å². The molecule has 4 rings (SSSR count). The zero-order valence-corrected chi connectivity index (χ0v) is 15.2. The summed E-state index contributed by atoms with van der Waals surface area (Å²) in [6, 6.07) is 24.0. The number of benzene rings is 3. The van der Waals surface area contributed by atoms with Crippen LogP contribution in [0, 0.1) is 11.3 Å². The Morgan fingerprint density at radius 1 is 0.926 bits per heavy atom. The number of hydrogen-bond donors (Lipinski definition) is 1. The minimum atomic E-state index is 0.113. The molecule has 1 aliphatic rings. The molecular formula is C24H20N2O. The first-order chi connectivity index (χ1) is 13.3. The number of rotatable bonds is 4. The van der Waals surface area contributed by atoms with Gasteiger partial charge in [-0.1, -0.05) is 49.4 Å². The Bertz CT molecular complexity index is 1050. The lowest BCUT2D eigenvalue weighted by Gasteiger charge is -2.17. The third-order valence-corrected chi connectivity index (χ3v) is 5.19. The van der Waals surface area contributed by atoms with Crippen molar-refractivity contribution in [3.63, 3.8) is 0 Å². The molecule has 1 atom stereocenters. The molecule has 0 fully saturated rings. The third kappa shape index (κ3) is 2.95. The van der Waals surface area contributed by atoms with Crippen LogP contribution in [-0.4, -0.2) is 17.4 Å². The quantitative estimate of drug-likeness (QED) is 0.549. The van der Waals surface area contributed by atoms with Gasteiger partial charge in [0.05, 0.1) is 23.0 Å². The molecule has 3 aromatic rings. The molecule has 0 aromatic heterocycles. The highest BCUT2D eigenvalue weighted by Gasteiger charge is 2.28. The van der Waals surface area contributed by atoms with Crippen molar-refractivity contribution in [2.75, 3.05) is 6.61 Å². The molecular weight excluding hydrogens is 332 g/mol. The minimum Gasteiger partial charge on any atom is -0.396 e. The van der Waals surface area contributed by atoms with E-state index in [2.05, 4.69) is 37.3 Å². The Hall–Kier alpha value is -3.22. The van der Waals surface area contributed by atoms with E-state index >= 15 is 0 Å². The summed E-state index contributed by atoms with van der Waals surface area (Å²) >= 11 is 0. The van der Waals surface area contributed by atoms with Crippen molar-refractivity contribution in [2.45, 2.75) is 19.3 Å². The molecule has 27 heavy (non-hydrogen) atoms. The van der Waals surface area contributed by atoms with Gasteiger partial charge in [0.25, 0.3) is 0 Å². The highest BCUT2D eigenvalue weighted by Crippen LogP contribution is 2.42. The molecule has 0 saturated carbocycles. The Kier molecular flexibility index (Phi) is 4.58. The first kappa shape index (κ1) is 17.2. The highest BCUT2D eigenvalue weighted by atomic mass is 16.3. The summed E-state index contributed by atoms with van der Waals surface area (Å²) in [4.78, 5) is 4.91. The van der Waals surface area contributed by atoms with Gasteiger partial charge < -0.3 is 5.11 Å². The maximum absolute atomic E-state index is 9.85. The van der Waals surface area contributed by atoms with Crippen LogP contribution in [0.25, 0.3) is 11.1 Å². The van der Waals surface area contributed by atoms with Gasteiger partial charge >= 0.3 is 0 Å². The lowest BCUT2D eigenvalue weighted by atomic mass is 9.89. The maximum atomic E-state index is 9.85. The van der Waals surface area contributed by atoms with Crippen LogP contribution in [0.5, 0.6) is 0 Å².